The van der Waals surface area contributed by atoms with Gasteiger partial charge in [-0.2, -0.15) is 0 Å². The maximum atomic E-state index is 13.4. The highest BCUT2D eigenvalue weighted by molar-refractivity contribution is 6.11. The van der Waals surface area contributed by atoms with Gasteiger partial charge in [-0.05, 0) is 48.5 Å². The Balaban J connectivity index is 1.92. The Labute approximate surface area is 153 Å². The largest absolute Gasteiger partial charge is 0.465 e. The number of nitrogens with two attached hydrogens (primary N) is 1. The summed E-state index contributed by atoms with van der Waals surface area (Å²) < 4.78 is 18.1. The highest BCUT2D eigenvalue weighted by atomic mass is 19.1. The fourth-order valence-corrected chi connectivity index (χ4v) is 2.54. The number of benzene rings is 2. The molecule has 6 nitrogen and oxygen atoms in total. The van der Waals surface area contributed by atoms with Crippen molar-refractivity contribution in [2.24, 2.45) is 10.7 Å². The van der Waals surface area contributed by atoms with E-state index in [2.05, 4.69) is 14.7 Å². The second kappa shape index (κ2) is 7.65. The average Bonchev–Trinajstić information content (AvgIpc) is 2.68. The summed E-state index contributed by atoms with van der Waals surface area (Å²) in [7, 11) is 1.31. The second-order valence-electron chi connectivity index (χ2n) is 5.66. The monoisotopic (exact) mass is 365 g/mol. The SMILES string of the molecule is COC(=O)c1ccc(N=CC(=CN)c2cc3cc(F)ccc3[nH]c2=O)cc1. The molecular weight excluding hydrogens is 349 g/mol. The lowest BCUT2D eigenvalue weighted by Gasteiger charge is -2.04. The number of H-pyrrole nitrogens is 1. The Kier molecular flexibility index (Phi) is 5.12. The zero-order valence-corrected chi connectivity index (χ0v) is 14.4. The maximum absolute atomic E-state index is 13.4. The minimum atomic E-state index is -0.442. The number of esters is 1. The molecule has 0 aliphatic rings. The van der Waals surface area contributed by atoms with Crippen molar-refractivity contribution in [2.75, 3.05) is 7.11 Å². The van der Waals surface area contributed by atoms with Gasteiger partial charge in [-0.3, -0.25) is 9.79 Å². The van der Waals surface area contributed by atoms with E-state index >= 15 is 0 Å². The summed E-state index contributed by atoms with van der Waals surface area (Å²) in [6.07, 6.45) is 2.69. The lowest BCUT2D eigenvalue weighted by Crippen LogP contribution is -2.13. The van der Waals surface area contributed by atoms with Gasteiger partial charge in [0.2, 0.25) is 0 Å². The van der Waals surface area contributed by atoms with Gasteiger partial charge in [0.15, 0.2) is 0 Å². The van der Waals surface area contributed by atoms with Gasteiger partial charge in [0.25, 0.3) is 5.56 Å². The van der Waals surface area contributed by atoms with Crippen molar-refractivity contribution in [3.05, 3.63) is 82.0 Å². The standard InChI is InChI=1S/C20H16FN3O3/c1-27-20(26)12-2-5-16(6-3-12)23-11-14(10-22)17-9-13-8-15(21)4-7-18(13)24-19(17)25/h2-11H,22H2,1H3,(H,24,25). The summed E-state index contributed by atoms with van der Waals surface area (Å²) in [5.74, 6) is -0.846. The Morgan fingerprint density at radius 2 is 1.93 bits per heavy atom. The van der Waals surface area contributed by atoms with Crippen LogP contribution in [0.4, 0.5) is 10.1 Å². The quantitative estimate of drug-likeness (QED) is 0.548. The van der Waals surface area contributed by atoms with Crippen LogP contribution in [0.15, 0.2) is 64.5 Å². The van der Waals surface area contributed by atoms with Gasteiger partial charge in [-0.15, -0.1) is 0 Å². The van der Waals surface area contributed by atoms with Crippen molar-refractivity contribution in [1.29, 1.82) is 0 Å². The number of methoxy groups -OCH3 is 1. The van der Waals surface area contributed by atoms with Crippen molar-refractivity contribution in [2.45, 2.75) is 0 Å². The van der Waals surface area contributed by atoms with E-state index in [0.717, 1.165) is 0 Å². The number of aromatic nitrogens is 1. The number of aliphatic imine (C=N–C) groups is 1. The molecule has 0 bridgehead atoms. The number of pyridine rings is 1. The van der Waals surface area contributed by atoms with Crippen molar-refractivity contribution in [3.8, 4) is 0 Å². The van der Waals surface area contributed by atoms with Crippen LogP contribution in [0, 0.1) is 5.82 Å². The van der Waals surface area contributed by atoms with E-state index in [-0.39, 0.29) is 11.1 Å². The molecule has 3 N–H and O–H groups in total. The fraction of sp³-hybridized carbons (Fsp3) is 0.0500. The second-order valence-corrected chi connectivity index (χ2v) is 5.66. The molecule has 0 aliphatic carbocycles. The molecule has 1 heterocycles. The first-order valence-corrected chi connectivity index (χ1v) is 7.99. The molecule has 2 aromatic carbocycles. The number of fused-ring (bicyclic) bond motifs is 1. The summed E-state index contributed by atoms with van der Waals surface area (Å²) in [5, 5.41) is 0.541. The average molecular weight is 365 g/mol. The molecule has 1 aromatic heterocycles. The van der Waals surface area contributed by atoms with Gasteiger partial charge < -0.3 is 15.5 Å². The molecular formula is C20H16FN3O3. The Bertz CT molecular complexity index is 1120. The van der Waals surface area contributed by atoms with Gasteiger partial charge in [0.05, 0.1) is 23.9 Å². The highest BCUT2D eigenvalue weighted by Gasteiger charge is 2.08. The zero-order valence-electron chi connectivity index (χ0n) is 14.4. The predicted molar refractivity (Wildman–Crippen MR) is 103 cm³/mol. The molecule has 0 radical (unpaired) electrons. The molecule has 0 amide bonds. The summed E-state index contributed by atoms with van der Waals surface area (Å²) in [5.41, 5.74) is 7.42. The number of rotatable bonds is 4. The Hall–Kier alpha value is -3.74. The van der Waals surface area contributed by atoms with Crippen molar-refractivity contribution in [1.82, 2.24) is 4.98 Å². The number of nitrogens with zero attached hydrogens (tertiary/aromatic N) is 1. The van der Waals surface area contributed by atoms with E-state index in [9.17, 15) is 14.0 Å². The van der Waals surface area contributed by atoms with Crippen LogP contribution in [0.3, 0.4) is 0 Å². The first kappa shape index (κ1) is 18.1. The molecule has 0 aliphatic heterocycles. The highest BCUT2D eigenvalue weighted by Crippen LogP contribution is 2.18. The zero-order chi connectivity index (χ0) is 19.4. The normalized spacial score (nSPS) is 11.9. The van der Waals surface area contributed by atoms with Crippen molar-refractivity contribution < 1.29 is 13.9 Å². The molecule has 3 rings (SSSR count). The number of allylic oxidation sites excluding steroid dienone is 1. The summed E-state index contributed by atoms with van der Waals surface area (Å²) >= 11 is 0. The fourth-order valence-electron chi connectivity index (χ4n) is 2.54. The number of aromatic amines is 1. The van der Waals surface area contributed by atoms with E-state index in [0.29, 0.717) is 27.7 Å². The van der Waals surface area contributed by atoms with E-state index in [4.69, 9.17) is 5.73 Å². The Morgan fingerprint density at radius 1 is 1.19 bits per heavy atom. The lowest BCUT2D eigenvalue weighted by atomic mass is 10.1. The van der Waals surface area contributed by atoms with Gasteiger partial charge in [-0.25, -0.2) is 9.18 Å². The number of halogens is 1. The number of ether oxygens (including phenoxy) is 1. The molecule has 27 heavy (non-hydrogen) atoms. The van der Waals surface area contributed by atoms with Crippen molar-refractivity contribution >= 4 is 34.3 Å². The molecule has 0 spiro atoms. The van der Waals surface area contributed by atoms with Gasteiger partial charge in [0, 0.05) is 28.9 Å². The minimum absolute atomic E-state index is 0.269. The third-order valence-electron chi connectivity index (χ3n) is 3.94. The van der Waals surface area contributed by atoms with Gasteiger partial charge in [0.1, 0.15) is 5.82 Å². The topological polar surface area (TPSA) is 97.5 Å². The molecule has 136 valence electrons. The van der Waals surface area contributed by atoms with Crippen LogP contribution in [-0.4, -0.2) is 24.3 Å². The van der Waals surface area contributed by atoms with Crippen LogP contribution in [-0.2, 0) is 4.74 Å². The molecule has 3 aromatic rings. The van der Waals surface area contributed by atoms with E-state index < -0.39 is 11.8 Å². The third kappa shape index (κ3) is 3.92. The van der Waals surface area contributed by atoms with E-state index in [1.54, 1.807) is 30.3 Å². The summed E-state index contributed by atoms with van der Waals surface area (Å²) in [4.78, 5) is 30.7. The summed E-state index contributed by atoms with van der Waals surface area (Å²) in [6.45, 7) is 0. The predicted octanol–water partition coefficient (Wildman–Crippen LogP) is 3.16. The van der Waals surface area contributed by atoms with E-state index in [1.807, 2.05) is 0 Å². The van der Waals surface area contributed by atoms with Crippen LogP contribution < -0.4 is 11.3 Å². The first-order chi connectivity index (χ1) is 13.0. The molecule has 0 saturated carbocycles. The number of nitrogens with one attached hydrogen (secondary N) is 1. The summed E-state index contributed by atoms with van der Waals surface area (Å²) in [6, 6.07) is 12.1. The van der Waals surface area contributed by atoms with Crippen LogP contribution >= 0.6 is 0 Å². The smallest absolute Gasteiger partial charge is 0.337 e. The number of carbonyl (C=O) groups excluding carboxylic acids is 1. The van der Waals surface area contributed by atoms with Gasteiger partial charge >= 0.3 is 5.97 Å². The van der Waals surface area contributed by atoms with Crippen LogP contribution in [0.25, 0.3) is 16.5 Å². The number of hydrogen-bond donors (Lipinski definition) is 2. The molecule has 0 unspecified atom stereocenters. The van der Waals surface area contributed by atoms with Crippen LogP contribution in [0.5, 0.6) is 0 Å². The van der Waals surface area contributed by atoms with Crippen molar-refractivity contribution in [3.63, 3.8) is 0 Å². The van der Waals surface area contributed by atoms with Gasteiger partial charge in [-0.1, -0.05) is 0 Å². The number of hydrogen-bond acceptors (Lipinski definition) is 5. The lowest BCUT2D eigenvalue weighted by molar-refractivity contribution is 0.0601. The maximum Gasteiger partial charge on any atom is 0.337 e. The third-order valence-corrected chi connectivity index (χ3v) is 3.94. The molecule has 7 heteroatoms. The first-order valence-electron chi connectivity index (χ1n) is 7.99. The molecule has 0 fully saturated rings. The minimum Gasteiger partial charge on any atom is -0.465 e. The Morgan fingerprint density at radius 3 is 2.59 bits per heavy atom. The van der Waals surface area contributed by atoms with Crippen LogP contribution in [0.2, 0.25) is 0 Å². The number of carbonyl (C=O) groups is 1. The molecule has 0 atom stereocenters. The van der Waals surface area contributed by atoms with E-state index in [1.165, 1.54) is 37.7 Å². The molecule has 0 saturated heterocycles. The van der Waals surface area contributed by atoms with Crippen LogP contribution in [0.1, 0.15) is 15.9 Å².